The van der Waals surface area contributed by atoms with Crippen molar-refractivity contribution in [2.45, 2.75) is 51.6 Å². The topological polar surface area (TPSA) is 98.0 Å². The number of aromatic nitrogens is 6. The molecule has 0 atom stereocenters. The molecule has 0 saturated carbocycles. The van der Waals surface area contributed by atoms with Crippen molar-refractivity contribution in [3.8, 4) is 0 Å². The van der Waals surface area contributed by atoms with E-state index >= 15 is 0 Å². The Bertz CT molecular complexity index is 934. The van der Waals surface area contributed by atoms with Crippen LogP contribution >= 0.6 is 23.1 Å². The number of fused-ring (bicyclic) bond motifs is 1. The van der Waals surface area contributed by atoms with Crippen molar-refractivity contribution in [1.82, 2.24) is 29.8 Å². The van der Waals surface area contributed by atoms with Crippen LogP contribution < -0.4 is 5.32 Å². The Morgan fingerprint density at radius 3 is 2.81 bits per heavy atom. The van der Waals surface area contributed by atoms with Crippen molar-refractivity contribution in [3.63, 3.8) is 0 Å². The van der Waals surface area contributed by atoms with E-state index in [2.05, 4.69) is 37.5 Å². The molecule has 1 N–H and O–H groups in total. The standard InChI is InChI=1S/C16H21N7OS2/c1-5-6-7-13-20-21-15(26-13)18-12(24)8-11-9(2)17-14-19-16(25-4)22-23(14)10(11)3/h5-8H2,1-4H3,(H,18,21,24). The van der Waals surface area contributed by atoms with Crippen LogP contribution in [0, 0.1) is 13.8 Å². The molecule has 0 radical (unpaired) electrons. The Morgan fingerprint density at radius 1 is 1.27 bits per heavy atom. The fraction of sp³-hybridized carbons (Fsp3) is 0.500. The van der Waals surface area contributed by atoms with Gasteiger partial charge in [-0.3, -0.25) is 4.79 Å². The maximum absolute atomic E-state index is 12.5. The molecule has 3 aromatic heterocycles. The Balaban J connectivity index is 1.75. The molecule has 26 heavy (non-hydrogen) atoms. The molecule has 0 aliphatic heterocycles. The summed E-state index contributed by atoms with van der Waals surface area (Å²) in [6, 6.07) is 0. The largest absolute Gasteiger partial charge is 0.300 e. The molecule has 3 aromatic rings. The molecular formula is C16H21N7OS2. The first-order chi connectivity index (χ1) is 12.5. The van der Waals surface area contributed by atoms with Gasteiger partial charge in [0, 0.05) is 23.4 Å². The third kappa shape index (κ3) is 4.01. The van der Waals surface area contributed by atoms with Crippen molar-refractivity contribution in [2.24, 2.45) is 0 Å². The summed E-state index contributed by atoms with van der Waals surface area (Å²) in [6.07, 6.45) is 5.20. The zero-order valence-corrected chi connectivity index (χ0v) is 16.9. The lowest BCUT2D eigenvalue weighted by atomic mass is 10.1. The second-order valence-corrected chi connectivity index (χ2v) is 7.74. The van der Waals surface area contributed by atoms with E-state index in [1.807, 2.05) is 20.1 Å². The van der Waals surface area contributed by atoms with Crippen LogP contribution in [0.25, 0.3) is 5.78 Å². The Hall–Kier alpha value is -2.07. The molecule has 0 bridgehead atoms. The number of hydrogen-bond acceptors (Lipinski definition) is 8. The van der Waals surface area contributed by atoms with Gasteiger partial charge in [-0.25, -0.2) is 9.50 Å². The van der Waals surface area contributed by atoms with E-state index in [1.54, 1.807) is 4.52 Å². The van der Waals surface area contributed by atoms with Crippen molar-refractivity contribution >= 4 is 39.9 Å². The molecule has 138 valence electrons. The highest BCUT2D eigenvalue weighted by atomic mass is 32.2. The molecule has 0 aromatic carbocycles. The van der Waals surface area contributed by atoms with Crippen LogP contribution in [-0.4, -0.2) is 41.9 Å². The SMILES string of the molecule is CCCCc1nnc(NC(=O)Cc2c(C)nc3nc(SC)nn3c2C)s1. The number of amides is 1. The highest BCUT2D eigenvalue weighted by Crippen LogP contribution is 2.20. The summed E-state index contributed by atoms with van der Waals surface area (Å²) in [4.78, 5) is 21.3. The van der Waals surface area contributed by atoms with Gasteiger partial charge in [0.15, 0.2) is 0 Å². The maximum Gasteiger partial charge on any atom is 0.253 e. The predicted molar refractivity (Wildman–Crippen MR) is 103 cm³/mol. The first-order valence-electron chi connectivity index (χ1n) is 8.40. The van der Waals surface area contributed by atoms with E-state index in [4.69, 9.17) is 0 Å². The Labute approximate surface area is 159 Å². The quantitative estimate of drug-likeness (QED) is 0.618. The van der Waals surface area contributed by atoms with Crippen LogP contribution in [0.1, 0.15) is 41.7 Å². The van der Waals surface area contributed by atoms with Gasteiger partial charge >= 0.3 is 0 Å². The number of aryl methyl sites for hydroxylation is 3. The molecule has 8 nitrogen and oxygen atoms in total. The second-order valence-electron chi connectivity index (χ2n) is 5.90. The minimum absolute atomic E-state index is 0.138. The van der Waals surface area contributed by atoms with Crippen LogP contribution in [0.5, 0.6) is 0 Å². The van der Waals surface area contributed by atoms with Gasteiger partial charge in [0.1, 0.15) is 5.01 Å². The Morgan fingerprint density at radius 2 is 2.08 bits per heavy atom. The molecule has 0 unspecified atom stereocenters. The Kier molecular flexibility index (Phi) is 5.82. The van der Waals surface area contributed by atoms with Crippen molar-refractivity contribution in [2.75, 3.05) is 11.6 Å². The number of thioether (sulfide) groups is 1. The van der Waals surface area contributed by atoms with Gasteiger partial charge in [-0.15, -0.1) is 15.3 Å². The average Bonchev–Trinajstić information content (AvgIpc) is 3.23. The molecule has 0 spiro atoms. The first kappa shape index (κ1) is 18.7. The summed E-state index contributed by atoms with van der Waals surface area (Å²) in [5.41, 5.74) is 2.51. The number of unbranched alkanes of at least 4 members (excludes halogenated alkanes) is 1. The van der Waals surface area contributed by atoms with E-state index in [0.29, 0.717) is 16.1 Å². The van der Waals surface area contributed by atoms with Crippen LogP contribution in [0.15, 0.2) is 5.16 Å². The number of nitrogens with one attached hydrogen (secondary N) is 1. The zero-order valence-electron chi connectivity index (χ0n) is 15.2. The number of carbonyl (C=O) groups excluding carboxylic acids is 1. The van der Waals surface area contributed by atoms with Gasteiger partial charge in [-0.05, 0) is 26.5 Å². The monoisotopic (exact) mass is 391 g/mol. The van der Waals surface area contributed by atoms with Crippen molar-refractivity contribution in [3.05, 3.63) is 22.0 Å². The molecule has 3 heterocycles. The summed E-state index contributed by atoms with van der Waals surface area (Å²) in [5.74, 6) is 0.416. The predicted octanol–water partition coefficient (Wildman–Crippen LogP) is 2.84. The van der Waals surface area contributed by atoms with Gasteiger partial charge < -0.3 is 5.32 Å². The summed E-state index contributed by atoms with van der Waals surface area (Å²) in [7, 11) is 0. The minimum atomic E-state index is -0.138. The molecule has 1 amide bonds. The number of rotatable bonds is 7. The smallest absolute Gasteiger partial charge is 0.253 e. The van der Waals surface area contributed by atoms with E-state index in [9.17, 15) is 4.79 Å². The summed E-state index contributed by atoms with van der Waals surface area (Å²) in [6.45, 7) is 5.95. The van der Waals surface area contributed by atoms with Gasteiger partial charge in [0.05, 0.1) is 6.42 Å². The molecule has 3 rings (SSSR count). The fourth-order valence-corrected chi connectivity index (χ4v) is 3.72. The zero-order chi connectivity index (χ0) is 18.7. The molecule has 0 aliphatic rings. The lowest BCUT2D eigenvalue weighted by Gasteiger charge is -2.09. The number of hydrogen-bond donors (Lipinski definition) is 1. The van der Waals surface area contributed by atoms with Crippen LogP contribution in [0.3, 0.4) is 0 Å². The second kappa shape index (κ2) is 8.09. The average molecular weight is 392 g/mol. The molecule has 0 saturated heterocycles. The van der Waals surface area contributed by atoms with Gasteiger partial charge in [-0.1, -0.05) is 36.4 Å². The third-order valence-electron chi connectivity index (χ3n) is 4.01. The lowest BCUT2D eigenvalue weighted by Crippen LogP contribution is -2.17. The summed E-state index contributed by atoms with van der Waals surface area (Å²) < 4.78 is 1.69. The van der Waals surface area contributed by atoms with Gasteiger partial charge in [0.25, 0.3) is 5.78 Å². The number of anilines is 1. The summed E-state index contributed by atoms with van der Waals surface area (Å²) in [5, 5.41) is 17.6. The van der Waals surface area contributed by atoms with Crippen LogP contribution in [0.2, 0.25) is 0 Å². The first-order valence-corrected chi connectivity index (χ1v) is 10.4. The van der Waals surface area contributed by atoms with E-state index in [-0.39, 0.29) is 12.3 Å². The van der Waals surface area contributed by atoms with Crippen LogP contribution in [0.4, 0.5) is 5.13 Å². The number of nitrogens with zero attached hydrogens (tertiary/aromatic N) is 6. The molecule has 10 heteroatoms. The molecule has 0 aliphatic carbocycles. The van der Waals surface area contributed by atoms with E-state index in [0.717, 1.165) is 41.2 Å². The van der Waals surface area contributed by atoms with Gasteiger partial charge in [0.2, 0.25) is 16.2 Å². The van der Waals surface area contributed by atoms with Crippen molar-refractivity contribution < 1.29 is 4.79 Å². The fourth-order valence-electron chi connectivity index (χ4n) is 2.59. The maximum atomic E-state index is 12.5. The molecule has 0 fully saturated rings. The van der Waals surface area contributed by atoms with Crippen molar-refractivity contribution in [1.29, 1.82) is 0 Å². The highest BCUT2D eigenvalue weighted by molar-refractivity contribution is 7.98. The third-order valence-corrected chi connectivity index (χ3v) is 5.44. The highest BCUT2D eigenvalue weighted by Gasteiger charge is 2.17. The summed E-state index contributed by atoms with van der Waals surface area (Å²) >= 11 is 2.89. The van der Waals surface area contributed by atoms with E-state index in [1.165, 1.54) is 23.1 Å². The number of carbonyl (C=O) groups is 1. The minimum Gasteiger partial charge on any atom is -0.300 e. The van der Waals surface area contributed by atoms with Crippen LogP contribution in [-0.2, 0) is 17.6 Å². The molecular weight excluding hydrogens is 370 g/mol. The lowest BCUT2D eigenvalue weighted by molar-refractivity contribution is -0.115. The normalized spacial score (nSPS) is 11.2. The van der Waals surface area contributed by atoms with E-state index < -0.39 is 0 Å². The van der Waals surface area contributed by atoms with Gasteiger partial charge in [-0.2, -0.15) is 4.98 Å².